The number of carboxylic acid groups (broad SMARTS) is 2. The predicted molar refractivity (Wildman–Crippen MR) is 113 cm³/mol. The number of aromatic hydroxyl groups is 1. The molecule has 0 aromatic heterocycles. The second-order valence-electron chi connectivity index (χ2n) is 7.43. The Hall–Kier alpha value is -3.59. The standard InChI is InChI=1S/C18H16FN3O5S.C2HF3O2/c19-11-6-10(1-2-12(11)23)21-4-3-8(15(21)24)5-9-7-28-17-13(20)16(25)22(17)14(9)18(26)27;3-2(4,5)1(6)7/h1-2,5-6,13,17,23H,3-4,7,20H2,(H,26,27);(H,6,7)/t13-,17-;/m1./s1. The summed E-state index contributed by atoms with van der Waals surface area (Å²) in [5.41, 5.74) is 6.62. The Morgan fingerprint density at radius 3 is 2.37 bits per heavy atom. The number of carboxylic acids is 2. The molecule has 10 nitrogen and oxygen atoms in total. The van der Waals surface area contributed by atoms with Gasteiger partial charge in [-0.1, -0.05) is 0 Å². The van der Waals surface area contributed by atoms with Gasteiger partial charge in [-0.15, -0.1) is 11.8 Å². The number of hydrogen-bond donors (Lipinski definition) is 4. The van der Waals surface area contributed by atoms with Crippen molar-refractivity contribution in [1.29, 1.82) is 0 Å². The van der Waals surface area contributed by atoms with Gasteiger partial charge in [0.25, 0.3) is 5.91 Å². The van der Waals surface area contributed by atoms with Crippen LogP contribution in [0.25, 0.3) is 0 Å². The number of nitrogens with zero attached hydrogens (tertiary/aromatic N) is 2. The average molecular weight is 519 g/mol. The molecule has 2 fully saturated rings. The molecule has 3 aliphatic heterocycles. The second-order valence-corrected chi connectivity index (χ2v) is 8.53. The van der Waals surface area contributed by atoms with E-state index in [1.807, 2.05) is 0 Å². The number of halogens is 4. The van der Waals surface area contributed by atoms with E-state index in [2.05, 4.69) is 0 Å². The molecule has 3 aliphatic rings. The maximum absolute atomic E-state index is 13.6. The number of benzene rings is 1. The minimum Gasteiger partial charge on any atom is -0.505 e. The summed E-state index contributed by atoms with van der Waals surface area (Å²) in [6.45, 7) is 0.299. The Labute approximate surface area is 198 Å². The molecule has 0 bridgehead atoms. The molecule has 188 valence electrons. The number of β-lactam (4-membered cyclic amide) rings is 1. The van der Waals surface area contributed by atoms with Crippen LogP contribution in [0, 0.1) is 5.82 Å². The summed E-state index contributed by atoms with van der Waals surface area (Å²) >= 11 is 1.35. The van der Waals surface area contributed by atoms with Crippen molar-refractivity contribution >= 4 is 41.2 Å². The molecule has 5 N–H and O–H groups in total. The fourth-order valence-electron chi connectivity index (χ4n) is 3.52. The van der Waals surface area contributed by atoms with Gasteiger partial charge in [0, 0.05) is 29.6 Å². The number of rotatable bonds is 3. The quantitative estimate of drug-likeness (QED) is 0.263. The lowest BCUT2D eigenvalue weighted by molar-refractivity contribution is -0.192. The lowest BCUT2D eigenvalue weighted by Gasteiger charge is -2.47. The van der Waals surface area contributed by atoms with Gasteiger partial charge < -0.3 is 26.0 Å². The van der Waals surface area contributed by atoms with E-state index in [0.29, 0.717) is 35.6 Å². The number of carbonyl (C=O) groups excluding carboxylic acids is 2. The topological polar surface area (TPSA) is 161 Å². The monoisotopic (exact) mass is 519 g/mol. The van der Waals surface area contributed by atoms with Crippen LogP contribution in [0.1, 0.15) is 6.42 Å². The number of amides is 2. The van der Waals surface area contributed by atoms with Crippen molar-refractivity contribution < 1.29 is 52.1 Å². The smallest absolute Gasteiger partial charge is 0.490 e. The van der Waals surface area contributed by atoms with Crippen LogP contribution in [0.3, 0.4) is 0 Å². The van der Waals surface area contributed by atoms with Crippen LogP contribution in [-0.4, -0.2) is 73.9 Å². The van der Waals surface area contributed by atoms with E-state index in [9.17, 15) is 42.2 Å². The number of nitrogens with two attached hydrogens (primary N) is 1. The Kier molecular flexibility index (Phi) is 7.12. The van der Waals surface area contributed by atoms with E-state index in [-0.39, 0.29) is 11.6 Å². The highest BCUT2D eigenvalue weighted by Gasteiger charge is 2.51. The van der Waals surface area contributed by atoms with Crippen molar-refractivity contribution in [2.24, 2.45) is 5.73 Å². The molecule has 1 aromatic rings. The number of phenolic OH excluding ortho intramolecular Hbond substituents is 1. The molecule has 3 heterocycles. The maximum Gasteiger partial charge on any atom is 0.490 e. The Morgan fingerprint density at radius 2 is 1.83 bits per heavy atom. The molecule has 0 aliphatic carbocycles. The zero-order chi connectivity index (χ0) is 26.2. The lowest BCUT2D eigenvalue weighted by atomic mass is 10.0. The Bertz CT molecular complexity index is 1170. The van der Waals surface area contributed by atoms with Crippen LogP contribution in [0.5, 0.6) is 5.75 Å². The first-order valence-electron chi connectivity index (χ1n) is 9.71. The highest BCUT2D eigenvalue weighted by atomic mass is 32.2. The summed E-state index contributed by atoms with van der Waals surface area (Å²) < 4.78 is 45.3. The predicted octanol–water partition coefficient (Wildman–Crippen LogP) is 1.41. The molecule has 0 unspecified atom stereocenters. The molecule has 0 spiro atoms. The second kappa shape index (κ2) is 9.58. The zero-order valence-electron chi connectivity index (χ0n) is 17.5. The van der Waals surface area contributed by atoms with E-state index in [1.165, 1.54) is 39.8 Å². The van der Waals surface area contributed by atoms with Gasteiger partial charge in [-0.05, 0) is 30.2 Å². The van der Waals surface area contributed by atoms with Crippen molar-refractivity contribution in [2.45, 2.75) is 24.0 Å². The number of anilines is 1. The Morgan fingerprint density at radius 1 is 1.20 bits per heavy atom. The van der Waals surface area contributed by atoms with Crippen LogP contribution >= 0.6 is 11.8 Å². The van der Waals surface area contributed by atoms with E-state index in [1.54, 1.807) is 0 Å². The van der Waals surface area contributed by atoms with Crippen molar-refractivity contribution in [2.75, 3.05) is 17.2 Å². The third kappa shape index (κ3) is 5.09. The molecule has 0 radical (unpaired) electrons. The van der Waals surface area contributed by atoms with Crippen LogP contribution in [-0.2, 0) is 19.2 Å². The van der Waals surface area contributed by atoms with Crippen LogP contribution in [0.2, 0.25) is 0 Å². The van der Waals surface area contributed by atoms with Gasteiger partial charge in [0.2, 0.25) is 5.91 Å². The third-order valence-electron chi connectivity index (χ3n) is 5.20. The maximum atomic E-state index is 13.6. The van der Waals surface area contributed by atoms with Gasteiger partial charge in [0.15, 0.2) is 11.6 Å². The molecule has 1 aromatic carbocycles. The third-order valence-corrected chi connectivity index (χ3v) is 6.52. The van der Waals surface area contributed by atoms with E-state index in [0.717, 1.165) is 6.07 Å². The molecule has 2 atom stereocenters. The number of alkyl halides is 3. The number of fused-ring (bicyclic) bond motifs is 1. The minimum absolute atomic E-state index is 0.148. The number of aliphatic carboxylic acids is 2. The first-order chi connectivity index (χ1) is 16.2. The first kappa shape index (κ1) is 26.0. The van der Waals surface area contributed by atoms with Gasteiger partial charge in [0.1, 0.15) is 17.1 Å². The normalized spacial score (nSPS) is 23.1. The fraction of sp³-hybridized carbons (Fsp3) is 0.300. The van der Waals surface area contributed by atoms with Crippen LogP contribution in [0.15, 0.2) is 41.1 Å². The summed E-state index contributed by atoms with van der Waals surface area (Å²) in [7, 11) is 0. The van der Waals surface area contributed by atoms with Gasteiger partial charge in [-0.2, -0.15) is 13.2 Å². The van der Waals surface area contributed by atoms with Gasteiger partial charge >= 0.3 is 18.1 Å². The molecule has 2 saturated heterocycles. The van der Waals surface area contributed by atoms with Crippen molar-refractivity contribution in [3.63, 3.8) is 0 Å². The highest BCUT2D eigenvalue weighted by Crippen LogP contribution is 2.40. The summed E-state index contributed by atoms with van der Waals surface area (Å²) in [4.78, 5) is 47.9. The SMILES string of the molecule is N[C@@H]1C(=O)N2C(C(=O)O)=C(C=C3CCN(c4ccc(O)c(F)c4)C3=O)CS[C@H]12.O=C(O)C(F)(F)F. The molecular weight excluding hydrogens is 502 g/mol. The number of hydrogen-bond acceptors (Lipinski definition) is 7. The van der Waals surface area contributed by atoms with Gasteiger partial charge in [-0.3, -0.25) is 14.5 Å². The minimum atomic E-state index is -5.08. The lowest BCUT2D eigenvalue weighted by Crippen LogP contribution is -2.68. The van der Waals surface area contributed by atoms with Crippen molar-refractivity contribution in [1.82, 2.24) is 4.90 Å². The fourth-order valence-corrected chi connectivity index (χ4v) is 4.77. The zero-order valence-corrected chi connectivity index (χ0v) is 18.3. The average Bonchev–Trinajstić information content (AvgIpc) is 3.14. The number of phenols is 1. The largest absolute Gasteiger partial charge is 0.505 e. The van der Waals surface area contributed by atoms with E-state index in [4.69, 9.17) is 15.6 Å². The molecule has 0 saturated carbocycles. The van der Waals surface area contributed by atoms with Crippen LogP contribution in [0.4, 0.5) is 23.2 Å². The number of allylic oxidation sites excluding steroid dienone is 1. The Balaban J connectivity index is 0.000000429. The molecule has 4 rings (SSSR count). The summed E-state index contributed by atoms with van der Waals surface area (Å²) in [5.74, 6) is -5.86. The van der Waals surface area contributed by atoms with E-state index < -0.39 is 47.0 Å². The highest BCUT2D eigenvalue weighted by molar-refractivity contribution is 8.00. The summed E-state index contributed by atoms with van der Waals surface area (Å²) in [5, 5.41) is 25.6. The van der Waals surface area contributed by atoms with Crippen molar-refractivity contribution in [3.8, 4) is 5.75 Å². The van der Waals surface area contributed by atoms with Crippen molar-refractivity contribution in [3.05, 3.63) is 46.9 Å². The molecule has 35 heavy (non-hydrogen) atoms. The summed E-state index contributed by atoms with van der Waals surface area (Å²) in [6.07, 6.45) is -3.23. The number of thioether (sulfide) groups is 1. The van der Waals surface area contributed by atoms with Gasteiger partial charge in [-0.25, -0.2) is 14.0 Å². The molecular formula is C20H17F4N3O7S. The van der Waals surface area contributed by atoms with E-state index >= 15 is 0 Å². The number of carbonyl (C=O) groups is 4. The van der Waals surface area contributed by atoms with Gasteiger partial charge in [0.05, 0.1) is 0 Å². The first-order valence-corrected chi connectivity index (χ1v) is 10.8. The van der Waals surface area contributed by atoms with Crippen LogP contribution < -0.4 is 10.6 Å². The summed E-state index contributed by atoms with van der Waals surface area (Å²) in [6, 6.07) is 2.95. The molecule has 2 amide bonds. The molecule has 15 heteroatoms.